The van der Waals surface area contributed by atoms with Crippen LogP contribution in [0.15, 0.2) is 78.9 Å². The van der Waals surface area contributed by atoms with E-state index in [1.807, 2.05) is 61.5 Å². The summed E-state index contributed by atoms with van der Waals surface area (Å²) in [5, 5.41) is 3.74. The highest BCUT2D eigenvalue weighted by molar-refractivity contribution is 6.14. The largest absolute Gasteiger partial charge is 0.462 e. The minimum Gasteiger partial charge on any atom is -0.462 e. The first-order chi connectivity index (χ1) is 15.1. The van der Waals surface area contributed by atoms with Gasteiger partial charge in [-0.3, -0.25) is 4.79 Å². The molecule has 0 bridgehead atoms. The number of amides is 1. The van der Waals surface area contributed by atoms with E-state index in [9.17, 15) is 9.59 Å². The predicted octanol–water partition coefficient (Wildman–Crippen LogP) is 5.64. The topological polar surface area (TPSA) is 68.3 Å². The number of hydrogen-bond donors (Lipinski definition) is 1. The van der Waals surface area contributed by atoms with E-state index in [-0.39, 0.29) is 11.9 Å². The Kier molecular flexibility index (Phi) is 5.76. The molecule has 0 saturated carbocycles. The minimum absolute atomic E-state index is 0.225. The van der Waals surface area contributed by atoms with Gasteiger partial charge in [-0.05, 0) is 49.7 Å². The lowest BCUT2D eigenvalue weighted by atomic mass is 9.97. The number of carbonyl (C=O) groups is 2. The highest BCUT2D eigenvalue weighted by atomic mass is 16.5. The van der Waals surface area contributed by atoms with E-state index < -0.39 is 0 Å². The van der Waals surface area contributed by atoms with Crippen molar-refractivity contribution in [3.05, 3.63) is 95.6 Å². The van der Waals surface area contributed by atoms with Crippen LogP contribution in [0.2, 0.25) is 0 Å². The summed E-state index contributed by atoms with van der Waals surface area (Å²) in [7, 11) is 0. The second-order valence-electron chi connectivity index (χ2n) is 7.10. The number of aromatic nitrogens is 1. The summed E-state index contributed by atoms with van der Waals surface area (Å²) in [5.41, 5.74) is 4.93. The van der Waals surface area contributed by atoms with Gasteiger partial charge in [0.1, 0.15) is 0 Å². The van der Waals surface area contributed by atoms with Crippen LogP contribution in [0.3, 0.4) is 0 Å². The number of carbonyl (C=O) groups excluding carboxylic acids is 2. The molecule has 0 aliphatic heterocycles. The molecule has 1 amide bonds. The monoisotopic (exact) mass is 410 g/mol. The number of rotatable bonds is 5. The summed E-state index contributed by atoms with van der Waals surface area (Å²) >= 11 is 0. The number of nitrogens with zero attached hydrogens (tertiary/aromatic N) is 1. The molecule has 0 saturated heterocycles. The van der Waals surface area contributed by atoms with Gasteiger partial charge in [-0.15, -0.1) is 0 Å². The first-order valence-electron chi connectivity index (χ1n) is 10.1. The lowest BCUT2D eigenvalue weighted by Gasteiger charge is -2.15. The van der Waals surface area contributed by atoms with Crippen molar-refractivity contribution in [2.45, 2.75) is 13.8 Å². The smallest absolute Gasteiger partial charge is 0.338 e. The molecular formula is C26H22N2O3. The summed E-state index contributed by atoms with van der Waals surface area (Å²) in [6.45, 7) is 3.99. The van der Waals surface area contributed by atoms with Crippen molar-refractivity contribution >= 4 is 28.5 Å². The Morgan fingerprint density at radius 3 is 2.29 bits per heavy atom. The summed E-state index contributed by atoms with van der Waals surface area (Å²) in [6, 6.07) is 24.1. The Morgan fingerprint density at radius 2 is 1.58 bits per heavy atom. The van der Waals surface area contributed by atoms with Crippen molar-refractivity contribution in [1.29, 1.82) is 0 Å². The van der Waals surface area contributed by atoms with Gasteiger partial charge in [-0.25, -0.2) is 9.78 Å². The van der Waals surface area contributed by atoms with Crippen LogP contribution in [0.4, 0.5) is 5.69 Å². The molecule has 0 aliphatic carbocycles. The molecular weight excluding hydrogens is 388 g/mol. The van der Waals surface area contributed by atoms with Crippen LogP contribution in [-0.4, -0.2) is 23.5 Å². The van der Waals surface area contributed by atoms with Gasteiger partial charge in [0.05, 0.1) is 28.9 Å². The molecule has 5 heteroatoms. The van der Waals surface area contributed by atoms with Gasteiger partial charge in [0, 0.05) is 16.6 Å². The quantitative estimate of drug-likeness (QED) is 0.432. The number of hydrogen-bond acceptors (Lipinski definition) is 4. The molecule has 4 aromatic rings. The van der Waals surface area contributed by atoms with Crippen molar-refractivity contribution < 1.29 is 14.3 Å². The average Bonchev–Trinajstić information content (AvgIpc) is 2.79. The van der Waals surface area contributed by atoms with Gasteiger partial charge in [-0.1, -0.05) is 48.5 Å². The van der Waals surface area contributed by atoms with Gasteiger partial charge in [-0.2, -0.15) is 0 Å². The first kappa shape index (κ1) is 20.3. The van der Waals surface area contributed by atoms with E-state index in [1.165, 1.54) is 0 Å². The third-order valence-corrected chi connectivity index (χ3v) is 5.06. The van der Waals surface area contributed by atoms with Crippen molar-refractivity contribution in [2.75, 3.05) is 11.9 Å². The third kappa shape index (κ3) is 4.16. The molecule has 1 heterocycles. The van der Waals surface area contributed by atoms with Crippen LogP contribution in [-0.2, 0) is 4.74 Å². The van der Waals surface area contributed by atoms with Crippen LogP contribution in [0.25, 0.3) is 22.2 Å². The fourth-order valence-electron chi connectivity index (χ4n) is 3.57. The molecule has 5 nitrogen and oxygen atoms in total. The van der Waals surface area contributed by atoms with Gasteiger partial charge in [0.25, 0.3) is 5.91 Å². The number of fused-ring (bicyclic) bond motifs is 1. The number of para-hydroxylation sites is 1. The Bertz CT molecular complexity index is 1250. The number of benzene rings is 3. The molecule has 0 radical (unpaired) electrons. The van der Waals surface area contributed by atoms with Gasteiger partial charge >= 0.3 is 5.97 Å². The Morgan fingerprint density at radius 1 is 0.903 bits per heavy atom. The molecule has 0 fully saturated rings. The van der Waals surface area contributed by atoms with Gasteiger partial charge < -0.3 is 10.1 Å². The molecule has 154 valence electrons. The maximum absolute atomic E-state index is 13.3. The standard InChI is InChI=1S/C26H22N2O3/c1-3-31-26(30)19-13-15-20(16-14-19)27-25(29)23-17(2)24(18-9-5-4-6-10-18)28-22-12-8-7-11-21(22)23/h4-16H,3H2,1-2H3,(H,27,29). The highest BCUT2D eigenvalue weighted by Gasteiger charge is 2.19. The van der Waals surface area contributed by atoms with Crippen molar-refractivity contribution in [2.24, 2.45) is 0 Å². The number of esters is 1. The summed E-state index contributed by atoms with van der Waals surface area (Å²) in [6.07, 6.45) is 0. The minimum atomic E-state index is -0.385. The molecule has 4 rings (SSSR count). The second kappa shape index (κ2) is 8.79. The van der Waals surface area contributed by atoms with Gasteiger partial charge in [0.15, 0.2) is 0 Å². The summed E-state index contributed by atoms with van der Waals surface area (Å²) < 4.78 is 5.00. The zero-order chi connectivity index (χ0) is 21.8. The van der Waals surface area contributed by atoms with E-state index in [4.69, 9.17) is 9.72 Å². The van der Waals surface area contributed by atoms with E-state index in [2.05, 4.69) is 5.32 Å². The number of nitrogens with one attached hydrogen (secondary N) is 1. The normalized spacial score (nSPS) is 10.6. The number of anilines is 1. The molecule has 0 aliphatic rings. The number of ether oxygens (including phenoxy) is 1. The fourth-order valence-corrected chi connectivity index (χ4v) is 3.57. The molecule has 1 aromatic heterocycles. The van der Waals surface area contributed by atoms with E-state index in [0.29, 0.717) is 23.4 Å². The van der Waals surface area contributed by atoms with Crippen molar-refractivity contribution in [3.8, 4) is 11.3 Å². The average molecular weight is 410 g/mol. The molecule has 0 atom stereocenters. The van der Waals surface area contributed by atoms with E-state index in [0.717, 1.165) is 27.7 Å². The molecule has 0 spiro atoms. The molecule has 31 heavy (non-hydrogen) atoms. The Labute approximate surface area is 180 Å². The van der Waals surface area contributed by atoms with E-state index >= 15 is 0 Å². The SMILES string of the molecule is CCOC(=O)c1ccc(NC(=O)c2c(C)c(-c3ccccc3)nc3ccccc23)cc1. The lowest BCUT2D eigenvalue weighted by Crippen LogP contribution is -2.15. The summed E-state index contributed by atoms with van der Waals surface area (Å²) in [5.74, 6) is -0.610. The Hall–Kier alpha value is -3.99. The number of pyridine rings is 1. The van der Waals surface area contributed by atoms with E-state index in [1.54, 1.807) is 31.2 Å². The van der Waals surface area contributed by atoms with Crippen LogP contribution in [0, 0.1) is 6.92 Å². The predicted molar refractivity (Wildman–Crippen MR) is 122 cm³/mol. The molecule has 3 aromatic carbocycles. The summed E-state index contributed by atoms with van der Waals surface area (Å²) in [4.78, 5) is 30.0. The van der Waals surface area contributed by atoms with Crippen LogP contribution in [0.1, 0.15) is 33.2 Å². The fraction of sp³-hybridized carbons (Fsp3) is 0.115. The third-order valence-electron chi connectivity index (χ3n) is 5.06. The van der Waals surface area contributed by atoms with Crippen LogP contribution < -0.4 is 5.32 Å². The lowest BCUT2D eigenvalue weighted by molar-refractivity contribution is 0.0526. The van der Waals surface area contributed by atoms with Crippen molar-refractivity contribution in [3.63, 3.8) is 0 Å². The first-order valence-corrected chi connectivity index (χ1v) is 10.1. The zero-order valence-corrected chi connectivity index (χ0v) is 17.4. The maximum Gasteiger partial charge on any atom is 0.338 e. The highest BCUT2D eigenvalue weighted by Crippen LogP contribution is 2.30. The van der Waals surface area contributed by atoms with Crippen LogP contribution >= 0.6 is 0 Å². The zero-order valence-electron chi connectivity index (χ0n) is 17.4. The van der Waals surface area contributed by atoms with Crippen molar-refractivity contribution in [1.82, 2.24) is 4.98 Å². The molecule has 1 N–H and O–H groups in total. The van der Waals surface area contributed by atoms with Crippen LogP contribution in [0.5, 0.6) is 0 Å². The molecule has 0 unspecified atom stereocenters. The van der Waals surface area contributed by atoms with Gasteiger partial charge in [0.2, 0.25) is 0 Å². The Balaban J connectivity index is 1.72. The second-order valence-corrected chi connectivity index (χ2v) is 7.10. The maximum atomic E-state index is 13.3.